The fourth-order valence-electron chi connectivity index (χ4n) is 2.73. The summed E-state index contributed by atoms with van der Waals surface area (Å²) in [6.45, 7) is 4.70. The first-order chi connectivity index (χ1) is 13.6. The molecule has 0 aliphatic rings. The first-order valence-electron chi connectivity index (χ1n) is 8.82. The van der Waals surface area contributed by atoms with Gasteiger partial charge in [-0.25, -0.2) is 4.68 Å². The van der Waals surface area contributed by atoms with Gasteiger partial charge in [0.1, 0.15) is 11.5 Å². The van der Waals surface area contributed by atoms with Gasteiger partial charge in [-0.2, -0.15) is 5.10 Å². The molecular formula is C21H22BrN3O2S. The molecule has 0 unspecified atom stereocenters. The largest absolute Gasteiger partial charge is 0.497 e. The van der Waals surface area contributed by atoms with Crippen molar-refractivity contribution < 1.29 is 9.47 Å². The molecule has 0 aliphatic heterocycles. The molecular weight excluding hydrogens is 438 g/mol. The Bertz CT molecular complexity index is 1050. The van der Waals surface area contributed by atoms with Crippen LogP contribution in [0, 0.1) is 0 Å². The van der Waals surface area contributed by atoms with Gasteiger partial charge in [-0.15, -0.1) is 11.3 Å². The van der Waals surface area contributed by atoms with E-state index in [0.29, 0.717) is 6.54 Å². The van der Waals surface area contributed by atoms with Gasteiger partial charge in [-0.1, -0.05) is 28.1 Å². The maximum Gasteiger partial charge on any atom is 0.206 e. The molecule has 0 N–H and O–H groups in total. The molecule has 3 aromatic rings. The molecule has 2 aromatic carbocycles. The van der Waals surface area contributed by atoms with Crippen molar-refractivity contribution >= 4 is 33.0 Å². The van der Waals surface area contributed by atoms with Crippen molar-refractivity contribution in [2.45, 2.75) is 13.8 Å². The van der Waals surface area contributed by atoms with Gasteiger partial charge >= 0.3 is 0 Å². The summed E-state index contributed by atoms with van der Waals surface area (Å²) in [4.78, 5) is 5.44. The fourth-order valence-corrected chi connectivity index (χ4v) is 3.88. The topological polar surface area (TPSA) is 48.1 Å². The third-order valence-electron chi connectivity index (χ3n) is 4.18. The molecule has 0 aliphatic carbocycles. The number of thiazole rings is 1. The summed E-state index contributed by atoms with van der Waals surface area (Å²) in [5.41, 5.74) is 3.81. The molecule has 0 saturated carbocycles. The third kappa shape index (κ3) is 4.36. The first kappa shape index (κ1) is 20.4. The van der Waals surface area contributed by atoms with Crippen LogP contribution in [0.2, 0.25) is 0 Å². The Balaban J connectivity index is 2.16. The Kier molecular flexibility index (Phi) is 6.70. The molecule has 0 atom stereocenters. The zero-order valence-corrected chi connectivity index (χ0v) is 18.7. The minimum Gasteiger partial charge on any atom is -0.497 e. The fraction of sp³-hybridized carbons (Fsp3) is 0.238. The van der Waals surface area contributed by atoms with E-state index in [1.165, 1.54) is 0 Å². The van der Waals surface area contributed by atoms with Crippen molar-refractivity contribution in [2.75, 3.05) is 20.8 Å². The summed E-state index contributed by atoms with van der Waals surface area (Å²) >= 11 is 5.03. The van der Waals surface area contributed by atoms with Crippen molar-refractivity contribution in [3.05, 3.63) is 62.7 Å². The van der Waals surface area contributed by atoms with E-state index in [0.717, 1.165) is 43.3 Å². The lowest BCUT2D eigenvalue weighted by Gasteiger charge is -2.11. The molecule has 0 amide bonds. The molecule has 1 heterocycles. The predicted octanol–water partition coefficient (Wildman–Crippen LogP) is 5.19. The molecule has 0 saturated heterocycles. The summed E-state index contributed by atoms with van der Waals surface area (Å²) in [5.74, 6) is 1.47. The average molecular weight is 460 g/mol. The van der Waals surface area contributed by atoms with Gasteiger partial charge in [0, 0.05) is 28.0 Å². The highest BCUT2D eigenvalue weighted by atomic mass is 79.9. The standard InChI is InChI=1S/C21H22BrN3O2S/c1-5-23-21-25(24-14(2)15-6-8-16(22)9-7-15)19(13-28-21)18-11-10-17(26-3)12-20(18)27-4/h6-13H,5H2,1-4H3. The van der Waals surface area contributed by atoms with E-state index >= 15 is 0 Å². The van der Waals surface area contributed by atoms with Crippen LogP contribution in [0.25, 0.3) is 11.3 Å². The summed E-state index contributed by atoms with van der Waals surface area (Å²) in [6, 6.07) is 13.9. The minimum absolute atomic E-state index is 0.687. The van der Waals surface area contributed by atoms with Crippen LogP contribution in [-0.4, -0.2) is 31.2 Å². The van der Waals surface area contributed by atoms with E-state index in [1.807, 2.05) is 61.0 Å². The number of hydrogen-bond donors (Lipinski definition) is 0. The number of hydrogen-bond acceptors (Lipinski definition) is 5. The maximum absolute atomic E-state index is 5.60. The second-order valence-electron chi connectivity index (χ2n) is 5.95. The van der Waals surface area contributed by atoms with Gasteiger partial charge in [-0.05, 0) is 43.7 Å². The van der Waals surface area contributed by atoms with Gasteiger partial charge in [0.15, 0.2) is 0 Å². The van der Waals surface area contributed by atoms with Crippen molar-refractivity contribution in [1.82, 2.24) is 4.68 Å². The molecule has 0 radical (unpaired) electrons. The van der Waals surface area contributed by atoms with Crippen LogP contribution < -0.4 is 14.3 Å². The van der Waals surface area contributed by atoms with Crippen molar-refractivity contribution in [3.8, 4) is 22.8 Å². The van der Waals surface area contributed by atoms with Crippen LogP contribution in [0.3, 0.4) is 0 Å². The number of rotatable bonds is 6. The molecule has 28 heavy (non-hydrogen) atoms. The number of nitrogens with zero attached hydrogens (tertiary/aromatic N) is 3. The van der Waals surface area contributed by atoms with Crippen LogP contribution >= 0.6 is 27.3 Å². The Hall–Kier alpha value is -2.38. The van der Waals surface area contributed by atoms with Gasteiger partial charge in [0.2, 0.25) is 4.80 Å². The molecule has 146 valence electrons. The first-order valence-corrected chi connectivity index (χ1v) is 10.5. The van der Waals surface area contributed by atoms with Gasteiger partial charge in [0.05, 0.1) is 25.6 Å². The number of benzene rings is 2. The monoisotopic (exact) mass is 459 g/mol. The quantitative estimate of drug-likeness (QED) is 0.476. The lowest BCUT2D eigenvalue weighted by molar-refractivity contribution is 0.395. The van der Waals surface area contributed by atoms with Crippen LogP contribution in [0.4, 0.5) is 0 Å². The van der Waals surface area contributed by atoms with Crippen molar-refractivity contribution in [3.63, 3.8) is 0 Å². The predicted molar refractivity (Wildman–Crippen MR) is 119 cm³/mol. The highest BCUT2D eigenvalue weighted by Gasteiger charge is 2.14. The Morgan fingerprint density at radius 1 is 1.11 bits per heavy atom. The lowest BCUT2D eigenvalue weighted by Crippen LogP contribution is -2.14. The molecule has 3 rings (SSSR count). The number of ether oxygens (including phenoxy) is 2. The zero-order chi connectivity index (χ0) is 20.1. The van der Waals surface area contributed by atoms with E-state index in [4.69, 9.17) is 14.6 Å². The Labute approximate surface area is 177 Å². The zero-order valence-electron chi connectivity index (χ0n) is 16.3. The van der Waals surface area contributed by atoms with E-state index in [-0.39, 0.29) is 0 Å². The molecule has 5 nitrogen and oxygen atoms in total. The third-order valence-corrected chi connectivity index (χ3v) is 5.56. The summed E-state index contributed by atoms with van der Waals surface area (Å²) in [7, 11) is 3.30. The van der Waals surface area contributed by atoms with Gasteiger partial charge in [-0.3, -0.25) is 4.99 Å². The SMILES string of the molecule is CCN=c1scc(-c2ccc(OC)cc2OC)n1N=C(C)c1ccc(Br)cc1. The average Bonchev–Trinajstić information content (AvgIpc) is 3.10. The van der Waals surface area contributed by atoms with Gasteiger partial charge < -0.3 is 9.47 Å². The molecule has 7 heteroatoms. The number of aromatic nitrogens is 1. The molecule has 0 spiro atoms. The molecule has 1 aromatic heterocycles. The smallest absolute Gasteiger partial charge is 0.206 e. The molecule has 0 fully saturated rings. The highest BCUT2D eigenvalue weighted by molar-refractivity contribution is 9.10. The summed E-state index contributed by atoms with van der Waals surface area (Å²) < 4.78 is 13.8. The molecule has 0 bridgehead atoms. The highest BCUT2D eigenvalue weighted by Crippen LogP contribution is 2.33. The number of halogens is 1. The lowest BCUT2D eigenvalue weighted by atomic mass is 10.1. The van der Waals surface area contributed by atoms with E-state index in [1.54, 1.807) is 25.6 Å². The summed E-state index contributed by atoms with van der Waals surface area (Å²) in [6.07, 6.45) is 0. The second kappa shape index (κ2) is 9.21. The van der Waals surface area contributed by atoms with Crippen LogP contribution in [0.5, 0.6) is 11.5 Å². The van der Waals surface area contributed by atoms with Crippen LogP contribution in [0.1, 0.15) is 19.4 Å². The minimum atomic E-state index is 0.687. The Morgan fingerprint density at radius 3 is 2.50 bits per heavy atom. The Morgan fingerprint density at radius 2 is 1.86 bits per heavy atom. The van der Waals surface area contributed by atoms with Crippen LogP contribution in [0.15, 0.2) is 62.4 Å². The number of methoxy groups -OCH3 is 2. The van der Waals surface area contributed by atoms with E-state index < -0.39 is 0 Å². The van der Waals surface area contributed by atoms with E-state index in [9.17, 15) is 0 Å². The summed E-state index contributed by atoms with van der Waals surface area (Å²) in [5, 5.41) is 6.93. The second-order valence-corrected chi connectivity index (χ2v) is 7.70. The van der Waals surface area contributed by atoms with Crippen molar-refractivity contribution in [1.29, 1.82) is 0 Å². The van der Waals surface area contributed by atoms with Crippen LogP contribution in [-0.2, 0) is 0 Å². The maximum atomic E-state index is 5.60. The van der Waals surface area contributed by atoms with Crippen molar-refractivity contribution in [2.24, 2.45) is 10.1 Å². The normalized spacial score (nSPS) is 12.3. The van der Waals surface area contributed by atoms with Gasteiger partial charge in [0.25, 0.3) is 0 Å². The van der Waals surface area contributed by atoms with E-state index in [2.05, 4.69) is 26.3 Å².